The first-order valence-corrected chi connectivity index (χ1v) is 6.82. The Labute approximate surface area is 107 Å². The number of ether oxygens (including phenoxy) is 1. The Balaban J connectivity index is 2.16. The average Bonchev–Trinajstić information content (AvgIpc) is 2.38. The van der Waals surface area contributed by atoms with Gasteiger partial charge in [-0.1, -0.05) is 6.92 Å². The molecule has 0 aromatic heterocycles. The number of nitrogens with zero attached hydrogens (tertiary/aromatic N) is 1. The van der Waals surface area contributed by atoms with Gasteiger partial charge in [-0.05, 0) is 42.5 Å². The maximum absolute atomic E-state index is 8.65. The Morgan fingerprint density at radius 3 is 2.71 bits per heavy atom. The first-order valence-electron chi connectivity index (χ1n) is 5.67. The van der Waals surface area contributed by atoms with E-state index in [0.29, 0.717) is 18.1 Å². The van der Waals surface area contributed by atoms with Crippen LogP contribution in [0.25, 0.3) is 0 Å². The van der Waals surface area contributed by atoms with Crippen LogP contribution in [0.15, 0.2) is 24.3 Å². The Morgan fingerprint density at radius 1 is 1.41 bits per heavy atom. The lowest BCUT2D eigenvalue weighted by molar-refractivity contribution is 0.344. The lowest BCUT2D eigenvalue weighted by Gasteiger charge is -2.08. The molecule has 3 nitrogen and oxygen atoms in total. The fourth-order valence-corrected chi connectivity index (χ4v) is 2.10. The average molecular weight is 250 g/mol. The van der Waals surface area contributed by atoms with Crippen molar-refractivity contribution < 1.29 is 4.74 Å². The summed E-state index contributed by atoms with van der Waals surface area (Å²) < 4.78 is 5.56. The van der Waals surface area contributed by atoms with Gasteiger partial charge in [0.25, 0.3) is 0 Å². The molecular weight excluding hydrogens is 232 g/mol. The smallest absolute Gasteiger partial charge is 0.119 e. The molecule has 2 N–H and O–H groups in total. The van der Waals surface area contributed by atoms with E-state index in [4.69, 9.17) is 15.7 Å². The highest BCUT2D eigenvalue weighted by molar-refractivity contribution is 7.99. The van der Waals surface area contributed by atoms with Gasteiger partial charge >= 0.3 is 0 Å². The Hall–Kier alpha value is -1.18. The highest BCUT2D eigenvalue weighted by atomic mass is 32.2. The zero-order valence-corrected chi connectivity index (χ0v) is 10.9. The molecule has 92 valence electrons. The molecule has 0 fully saturated rings. The van der Waals surface area contributed by atoms with Crippen molar-refractivity contribution in [1.29, 1.82) is 5.26 Å². The van der Waals surface area contributed by atoms with E-state index in [1.54, 1.807) is 12.1 Å². The van der Waals surface area contributed by atoms with Crippen molar-refractivity contribution in [2.75, 3.05) is 24.7 Å². The van der Waals surface area contributed by atoms with E-state index in [9.17, 15) is 0 Å². The van der Waals surface area contributed by atoms with Gasteiger partial charge in [-0.15, -0.1) is 0 Å². The molecule has 0 aliphatic carbocycles. The molecule has 0 amide bonds. The Morgan fingerprint density at radius 2 is 2.12 bits per heavy atom. The van der Waals surface area contributed by atoms with Gasteiger partial charge in [0.1, 0.15) is 5.75 Å². The van der Waals surface area contributed by atoms with E-state index in [1.807, 2.05) is 23.9 Å². The molecule has 1 atom stereocenters. The molecule has 0 heterocycles. The topological polar surface area (TPSA) is 59.0 Å². The van der Waals surface area contributed by atoms with Crippen LogP contribution >= 0.6 is 11.8 Å². The van der Waals surface area contributed by atoms with Gasteiger partial charge in [0.15, 0.2) is 0 Å². The molecule has 0 bridgehead atoms. The molecule has 0 spiro atoms. The summed E-state index contributed by atoms with van der Waals surface area (Å²) in [6.07, 6.45) is 0. The summed E-state index contributed by atoms with van der Waals surface area (Å²) in [6, 6.07) is 9.25. The number of rotatable bonds is 7. The standard InChI is InChI=1S/C13H18N2OS/c1-11(8-14)10-17-7-6-16-13-4-2-12(9-15)3-5-13/h2-5,11H,6-8,10,14H2,1H3. The molecule has 1 rings (SSSR count). The molecule has 1 aromatic rings. The van der Waals surface area contributed by atoms with Gasteiger partial charge < -0.3 is 10.5 Å². The molecular formula is C13H18N2OS. The maximum Gasteiger partial charge on any atom is 0.119 e. The summed E-state index contributed by atoms with van der Waals surface area (Å²) in [5.74, 6) is 3.42. The minimum absolute atomic E-state index is 0.565. The van der Waals surface area contributed by atoms with Crippen molar-refractivity contribution in [3.63, 3.8) is 0 Å². The van der Waals surface area contributed by atoms with Crippen LogP contribution in [0.4, 0.5) is 0 Å². The number of hydrogen-bond donors (Lipinski definition) is 1. The third-order valence-electron chi connectivity index (χ3n) is 2.28. The third-order valence-corrected chi connectivity index (χ3v) is 3.54. The SMILES string of the molecule is CC(CN)CSCCOc1ccc(C#N)cc1. The van der Waals surface area contributed by atoms with E-state index < -0.39 is 0 Å². The van der Waals surface area contributed by atoms with E-state index in [-0.39, 0.29) is 0 Å². The second-order valence-electron chi connectivity index (χ2n) is 3.90. The van der Waals surface area contributed by atoms with Crippen LogP contribution in [0.2, 0.25) is 0 Å². The van der Waals surface area contributed by atoms with Gasteiger partial charge in [-0.3, -0.25) is 0 Å². The van der Waals surface area contributed by atoms with Crippen molar-refractivity contribution in [3.05, 3.63) is 29.8 Å². The number of nitrogens with two attached hydrogens (primary N) is 1. The fourth-order valence-electron chi connectivity index (χ4n) is 1.20. The quantitative estimate of drug-likeness (QED) is 0.754. The summed E-state index contributed by atoms with van der Waals surface area (Å²) in [5.41, 5.74) is 6.19. The summed E-state index contributed by atoms with van der Waals surface area (Å²) in [4.78, 5) is 0. The largest absolute Gasteiger partial charge is 0.493 e. The summed E-state index contributed by atoms with van der Waals surface area (Å²) in [5, 5.41) is 8.65. The van der Waals surface area contributed by atoms with Gasteiger partial charge in [-0.25, -0.2) is 0 Å². The van der Waals surface area contributed by atoms with Crippen molar-refractivity contribution in [2.24, 2.45) is 11.7 Å². The third kappa shape index (κ3) is 5.62. The molecule has 0 saturated heterocycles. The summed E-state index contributed by atoms with van der Waals surface area (Å²) >= 11 is 1.86. The molecule has 1 aromatic carbocycles. The summed E-state index contributed by atoms with van der Waals surface area (Å²) in [6.45, 7) is 3.58. The lowest BCUT2D eigenvalue weighted by Crippen LogP contribution is -2.13. The van der Waals surface area contributed by atoms with Gasteiger partial charge in [0.05, 0.1) is 18.2 Å². The Bertz CT molecular complexity index is 359. The minimum atomic E-state index is 0.565. The second-order valence-corrected chi connectivity index (χ2v) is 5.05. The first kappa shape index (κ1) is 13.9. The molecule has 0 aliphatic rings. The maximum atomic E-state index is 8.65. The fraction of sp³-hybridized carbons (Fsp3) is 0.462. The van der Waals surface area contributed by atoms with Crippen molar-refractivity contribution >= 4 is 11.8 Å². The monoisotopic (exact) mass is 250 g/mol. The summed E-state index contributed by atoms with van der Waals surface area (Å²) in [7, 11) is 0. The number of hydrogen-bond acceptors (Lipinski definition) is 4. The van der Waals surface area contributed by atoms with E-state index >= 15 is 0 Å². The van der Waals surface area contributed by atoms with Gasteiger partial charge in [-0.2, -0.15) is 17.0 Å². The molecule has 0 aliphatic heterocycles. The van der Waals surface area contributed by atoms with Gasteiger partial charge in [0, 0.05) is 5.75 Å². The van der Waals surface area contributed by atoms with Crippen LogP contribution < -0.4 is 10.5 Å². The second kappa shape index (κ2) is 7.99. The van der Waals surface area contributed by atoms with Crippen LogP contribution in [0.1, 0.15) is 12.5 Å². The molecule has 0 saturated carbocycles. The Kier molecular flexibility index (Phi) is 6.53. The van der Waals surface area contributed by atoms with Crippen LogP contribution in [-0.4, -0.2) is 24.7 Å². The van der Waals surface area contributed by atoms with Crippen LogP contribution in [-0.2, 0) is 0 Å². The predicted molar refractivity (Wildman–Crippen MR) is 72.2 cm³/mol. The highest BCUT2D eigenvalue weighted by Gasteiger charge is 1.99. The zero-order chi connectivity index (χ0) is 12.5. The zero-order valence-electron chi connectivity index (χ0n) is 10.1. The predicted octanol–water partition coefficient (Wildman–Crippen LogP) is 2.27. The van der Waals surface area contributed by atoms with Crippen LogP contribution in [0.3, 0.4) is 0 Å². The van der Waals surface area contributed by atoms with Crippen molar-refractivity contribution in [3.8, 4) is 11.8 Å². The normalized spacial score (nSPS) is 11.8. The van der Waals surface area contributed by atoms with Crippen molar-refractivity contribution in [2.45, 2.75) is 6.92 Å². The highest BCUT2D eigenvalue weighted by Crippen LogP contribution is 2.13. The minimum Gasteiger partial charge on any atom is -0.493 e. The van der Waals surface area contributed by atoms with E-state index in [0.717, 1.165) is 23.8 Å². The van der Waals surface area contributed by atoms with Crippen LogP contribution in [0.5, 0.6) is 5.75 Å². The molecule has 17 heavy (non-hydrogen) atoms. The lowest BCUT2D eigenvalue weighted by atomic mass is 10.2. The van der Waals surface area contributed by atoms with E-state index in [2.05, 4.69) is 13.0 Å². The first-order chi connectivity index (χ1) is 8.26. The van der Waals surface area contributed by atoms with Gasteiger partial charge in [0.2, 0.25) is 0 Å². The number of nitriles is 1. The molecule has 4 heteroatoms. The number of thioether (sulfide) groups is 1. The molecule has 1 unspecified atom stereocenters. The van der Waals surface area contributed by atoms with Crippen LogP contribution in [0, 0.1) is 17.2 Å². The number of benzene rings is 1. The molecule has 0 radical (unpaired) electrons. The van der Waals surface area contributed by atoms with E-state index in [1.165, 1.54) is 0 Å². The van der Waals surface area contributed by atoms with Crippen molar-refractivity contribution in [1.82, 2.24) is 0 Å².